The maximum absolute atomic E-state index is 13.0. The van der Waals surface area contributed by atoms with Crippen LogP contribution in [0, 0.1) is 6.92 Å². The Bertz CT molecular complexity index is 1440. The Balaban J connectivity index is 1.45. The molecular weight excluding hydrogens is 484 g/mol. The monoisotopic (exact) mass is 506 g/mol. The molecule has 0 saturated heterocycles. The van der Waals surface area contributed by atoms with Crippen LogP contribution in [0.1, 0.15) is 21.5 Å². The van der Waals surface area contributed by atoms with Gasteiger partial charge in [-0.15, -0.1) is 0 Å². The Kier molecular flexibility index (Phi) is 7.39. The molecule has 4 aromatic rings. The summed E-state index contributed by atoms with van der Waals surface area (Å²) in [6, 6.07) is 27.8. The quantitative estimate of drug-likeness (QED) is 0.294. The van der Waals surface area contributed by atoms with Gasteiger partial charge in [-0.1, -0.05) is 60.1 Å². The first-order valence-electron chi connectivity index (χ1n) is 10.8. The van der Waals surface area contributed by atoms with Crippen LogP contribution < -0.4 is 14.8 Å². The van der Waals surface area contributed by atoms with Gasteiger partial charge < -0.3 is 10.1 Å². The number of amides is 1. The van der Waals surface area contributed by atoms with Crippen LogP contribution in [0.5, 0.6) is 5.75 Å². The number of hydrogen-bond acceptors (Lipinski definition) is 4. The summed E-state index contributed by atoms with van der Waals surface area (Å²) in [5, 5.41) is 2.78. The summed E-state index contributed by atoms with van der Waals surface area (Å²) in [5.41, 5.74) is 2.95. The van der Waals surface area contributed by atoms with E-state index in [-0.39, 0.29) is 15.5 Å². The number of carbonyl (C=O) groups is 1. The van der Waals surface area contributed by atoms with Crippen LogP contribution >= 0.6 is 11.6 Å². The molecule has 0 heterocycles. The molecule has 0 unspecified atom stereocenters. The second kappa shape index (κ2) is 10.6. The van der Waals surface area contributed by atoms with Crippen molar-refractivity contribution >= 4 is 38.9 Å². The van der Waals surface area contributed by atoms with E-state index < -0.39 is 15.9 Å². The summed E-state index contributed by atoms with van der Waals surface area (Å²) < 4.78 is 34.2. The Morgan fingerprint density at radius 1 is 0.886 bits per heavy atom. The van der Waals surface area contributed by atoms with Gasteiger partial charge in [-0.2, -0.15) is 0 Å². The topological polar surface area (TPSA) is 84.5 Å². The third-order valence-electron chi connectivity index (χ3n) is 5.23. The predicted molar refractivity (Wildman–Crippen MR) is 139 cm³/mol. The van der Waals surface area contributed by atoms with Crippen molar-refractivity contribution in [2.75, 3.05) is 10.0 Å². The molecule has 1 amide bonds. The van der Waals surface area contributed by atoms with Crippen molar-refractivity contribution in [3.05, 3.63) is 119 Å². The van der Waals surface area contributed by atoms with E-state index in [0.717, 1.165) is 11.1 Å². The molecule has 0 bridgehead atoms. The van der Waals surface area contributed by atoms with E-state index in [1.807, 2.05) is 36.4 Å². The number of nitrogens with one attached hydrogen (secondary N) is 2. The van der Waals surface area contributed by atoms with E-state index in [4.69, 9.17) is 16.3 Å². The average molecular weight is 507 g/mol. The highest BCUT2D eigenvalue weighted by molar-refractivity contribution is 7.92. The third kappa shape index (κ3) is 6.20. The Morgan fingerprint density at radius 3 is 2.29 bits per heavy atom. The van der Waals surface area contributed by atoms with Crippen molar-refractivity contribution < 1.29 is 17.9 Å². The normalized spacial score (nSPS) is 11.0. The van der Waals surface area contributed by atoms with Gasteiger partial charge in [0.15, 0.2) is 0 Å². The minimum absolute atomic E-state index is 0.0163. The standard InChI is InChI=1S/C27H23ClN2O4S/c1-19-7-5-6-10-25(19)30-35(32,33)26-17-21(11-16-24(26)28)27(31)29-22-12-14-23(15-13-22)34-18-20-8-3-2-4-9-20/h2-17,30H,18H2,1H3,(H,29,31). The highest BCUT2D eigenvalue weighted by Gasteiger charge is 2.21. The summed E-state index contributed by atoms with van der Waals surface area (Å²) in [5.74, 6) is 0.195. The van der Waals surface area contributed by atoms with Crippen LogP contribution in [0.3, 0.4) is 0 Å². The summed E-state index contributed by atoms with van der Waals surface area (Å²) in [4.78, 5) is 12.6. The molecule has 4 aromatic carbocycles. The lowest BCUT2D eigenvalue weighted by Crippen LogP contribution is -2.17. The van der Waals surface area contributed by atoms with Gasteiger partial charge in [-0.05, 0) is 66.6 Å². The molecule has 35 heavy (non-hydrogen) atoms. The van der Waals surface area contributed by atoms with E-state index in [0.29, 0.717) is 23.7 Å². The zero-order chi connectivity index (χ0) is 24.8. The van der Waals surface area contributed by atoms with Crippen molar-refractivity contribution in [3.8, 4) is 5.75 Å². The third-order valence-corrected chi connectivity index (χ3v) is 7.08. The summed E-state index contributed by atoms with van der Waals surface area (Å²) in [6.07, 6.45) is 0. The van der Waals surface area contributed by atoms with Gasteiger partial charge in [0, 0.05) is 11.3 Å². The summed E-state index contributed by atoms with van der Waals surface area (Å²) >= 11 is 6.18. The molecular formula is C27H23ClN2O4S. The second-order valence-corrected chi connectivity index (χ2v) is 9.88. The number of benzene rings is 4. The molecule has 2 N–H and O–H groups in total. The molecule has 0 aliphatic rings. The van der Waals surface area contributed by atoms with Gasteiger partial charge >= 0.3 is 0 Å². The Morgan fingerprint density at radius 2 is 1.57 bits per heavy atom. The number of anilines is 2. The van der Waals surface area contributed by atoms with Gasteiger partial charge in [0.1, 0.15) is 17.3 Å². The largest absolute Gasteiger partial charge is 0.489 e. The number of aryl methyl sites for hydroxylation is 1. The summed E-state index contributed by atoms with van der Waals surface area (Å²) in [6.45, 7) is 2.23. The van der Waals surface area contributed by atoms with E-state index in [2.05, 4.69) is 10.0 Å². The first kappa shape index (κ1) is 24.3. The Labute approximate surface area is 209 Å². The molecule has 0 saturated carbocycles. The second-order valence-electron chi connectivity index (χ2n) is 7.82. The zero-order valence-corrected chi connectivity index (χ0v) is 20.4. The molecule has 0 aliphatic carbocycles. The molecule has 0 fully saturated rings. The lowest BCUT2D eigenvalue weighted by Gasteiger charge is -2.13. The van der Waals surface area contributed by atoms with E-state index in [9.17, 15) is 13.2 Å². The molecule has 0 spiro atoms. The highest BCUT2D eigenvalue weighted by Crippen LogP contribution is 2.27. The lowest BCUT2D eigenvalue weighted by atomic mass is 10.2. The van der Waals surface area contributed by atoms with Gasteiger partial charge in [0.2, 0.25) is 0 Å². The van der Waals surface area contributed by atoms with E-state index in [1.54, 1.807) is 49.4 Å². The average Bonchev–Trinajstić information content (AvgIpc) is 2.85. The molecule has 0 aliphatic heterocycles. The van der Waals surface area contributed by atoms with Crippen molar-refractivity contribution in [2.24, 2.45) is 0 Å². The first-order valence-corrected chi connectivity index (χ1v) is 12.6. The molecule has 0 aromatic heterocycles. The molecule has 6 nitrogen and oxygen atoms in total. The number of para-hydroxylation sites is 1. The smallest absolute Gasteiger partial charge is 0.263 e. The van der Waals surface area contributed by atoms with E-state index >= 15 is 0 Å². The zero-order valence-electron chi connectivity index (χ0n) is 18.9. The fourth-order valence-electron chi connectivity index (χ4n) is 3.32. The van der Waals surface area contributed by atoms with Crippen molar-refractivity contribution in [2.45, 2.75) is 18.4 Å². The van der Waals surface area contributed by atoms with Gasteiger partial charge in [-0.25, -0.2) is 8.42 Å². The van der Waals surface area contributed by atoms with Crippen molar-refractivity contribution in [3.63, 3.8) is 0 Å². The van der Waals surface area contributed by atoms with Crippen molar-refractivity contribution in [1.82, 2.24) is 0 Å². The van der Waals surface area contributed by atoms with Crippen LogP contribution in [-0.2, 0) is 16.6 Å². The number of halogens is 1. The number of hydrogen-bond donors (Lipinski definition) is 2. The highest BCUT2D eigenvalue weighted by atomic mass is 35.5. The van der Waals surface area contributed by atoms with Gasteiger partial charge in [0.05, 0.1) is 10.7 Å². The number of carbonyl (C=O) groups excluding carboxylic acids is 1. The maximum atomic E-state index is 13.0. The van der Waals surface area contributed by atoms with Crippen LogP contribution in [0.4, 0.5) is 11.4 Å². The molecule has 8 heteroatoms. The summed E-state index contributed by atoms with van der Waals surface area (Å²) in [7, 11) is -4.01. The minimum atomic E-state index is -4.01. The number of ether oxygens (including phenoxy) is 1. The molecule has 0 atom stereocenters. The van der Waals surface area contributed by atoms with Crippen LogP contribution in [0.2, 0.25) is 5.02 Å². The SMILES string of the molecule is Cc1ccccc1NS(=O)(=O)c1cc(C(=O)Nc2ccc(OCc3ccccc3)cc2)ccc1Cl. The molecule has 178 valence electrons. The van der Waals surface area contributed by atoms with Gasteiger partial charge in [0.25, 0.3) is 15.9 Å². The maximum Gasteiger partial charge on any atom is 0.263 e. The van der Waals surface area contributed by atoms with Crippen LogP contribution in [0.25, 0.3) is 0 Å². The molecule has 0 radical (unpaired) electrons. The number of sulfonamides is 1. The molecule has 4 rings (SSSR count). The fourth-order valence-corrected chi connectivity index (χ4v) is 4.97. The lowest BCUT2D eigenvalue weighted by molar-refractivity contribution is 0.102. The van der Waals surface area contributed by atoms with E-state index in [1.165, 1.54) is 18.2 Å². The number of rotatable bonds is 8. The first-order chi connectivity index (χ1) is 16.8. The van der Waals surface area contributed by atoms with Crippen molar-refractivity contribution in [1.29, 1.82) is 0 Å². The Hall–Kier alpha value is -3.81. The fraction of sp³-hybridized carbons (Fsp3) is 0.0741. The van der Waals surface area contributed by atoms with Crippen LogP contribution in [-0.4, -0.2) is 14.3 Å². The predicted octanol–water partition coefficient (Wildman–Crippen LogP) is 6.28. The van der Waals surface area contributed by atoms with Gasteiger partial charge in [-0.3, -0.25) is 9.52 Å². The van der Waals surface area contributed by atoms with Crippen LogP contribution in [0.15, 0.2) is 102 Å². The minimum Gasteiger partial charge on any atom is -0.489 e.